The summed E-state index contributed by atoms with van der Waals surface area (Å²) < 4.78 is 5.48. The van der Waals surface area contributed by atoms with Crippen LogP contribution >= 0.6 is 0 Å². The van der Waals surface area contributed by atoms with Gasteiger partial charge in [0.25, 0.3) is 0 Å². The van der Waals surface area contributed by atoms with Gasteiger partial charge < -0.3 is 20.3 Å². The molecule has 0 saturated heterocycles. The number of hydrogen-bond donors (Lipinski definition) is 3. The third-order valence-corrected chi connectivity index (χ3v) is 16.2. The Bertz CT molecular complexity index is 1190. The molecule has 0 spiro atoms. The molecule has 0 heterocycles. The number of rotatable bonds is 65. The van der Waals surface area contributed by atoms with E-state index in [0.29, 0.717) is 25.9 Å². The van der Waals surface area contributed by atoms with Crippen molar-refractivity contribution in [1.29, 1.82) is 0 Å². The number of aliphatic hydroxyl groups excluding tert-OH is 2. The van der Waals surface area contributed by atoms with Gasteiger partial charge in [-0.3, -0.25) is 9.59 Å². The predicted molar refractivity (Wildman–Crippen MR) is 333 cm³/mol. The molecule has 0 saturated carbocycles. The minimum atomic E-state index is -0.659. The standard InChI is InChI=1S/C70H135NO5/c1-3-5-7-9-11-13-15-38-42-46-50-54-58-62-68(73)67(66-72)71-69(74)63-59-55-51-47-43-40-36-34-32-30-28-26-24-22-20-18-17-19-21-23-25-27-29-31-33-35-37-41-45-49-53-57-61-65-76-70(75)64-60-56-52-48-44-39-16-14-12-10-8-6-4-2/h8,10,14,16,67-68,72-73H,3-7,9,11-13,15,17-66H2,1-2H3,(H,71,74)/b10-8-,16-14-. The second-order valence-corrected chi connectivity index (χ2v) is 23.9. The molecule has 0 aliphatic carbocycles. The van der Waals surface area contributed by atoms with Gasteiger partial charge in [-0.2, -0.15) is 0 Å². The molecule has 0 aliphatic rings. The average Bonchev–Trinajstić information content (AvgIpc) is 3.42. The Kier molecular flexibility index (Phi) is 64.4. The average molecular weight is 1070 g/mol. The van der Waals surface area contributed by atoms with Gasteiger partial charge in [-0.25, -0.2) is 0 Å². The lowest BCUT2D eigenvalue weighted by Gasteiger charge is -2.22. The van der Waals surface area contributed by atoms with Crippen molar-refractivity contribution >= 4 is 11.9 Å². The maximum atomic E-state index is 12.5. The molecule has 0 radical (unpaired) electrons. The Morgan fingerprint density at radius 3 is 1.05 bits per heavy atom. The highest BCUT2D eigenvalue weighted by molar-refractivity contribution is 5.76. The zero-order valence-corrected chi connectivity index (χ0v) is 51.5. The van der Waals surface area contributed by atoms with Crippen LogP contribution in [0.15, 0.2) is 24.3 Å². The molecule has 0 aromatic heterocycles. The van der Waals surface area contributed by atoms with Crippen LogP contribution in [0.25, 0.3) is 0 Å². The minimum absolute atomic E-state index is 0.00666. The third-order valence-electron chi connectivity index (χ3n) is 16.2. The molecule has 0 aliphatic heterocycles. The van der Waals surface area contributed by atoms with E-state index in [9.17, 15) is 19.8 Å². The number of allylic oxidation sites excluding steroid dienone is 4. The van der Waals surface area contributed by atoms with Crippen molar-refractivity contribution in [1.82, 2.24) is 5.32 Å². The quantitative estimate of drug-likeness (QED) is 0.0320. The first-order valence-electron chi connectivity index (χ1n) is 34.6. The lowest BCUT2D eigenvalue weighted by Crippen LogP contribution is -2.45. The first kappa shape index (κ1) is 74.3. The van der Waals surface area contributed by atoms with Gasteiger partial charge in [-0.1, -0.05) is 346 Å². The summed E-state index contributed by atoms with van der Waals surface area (Å²) in [5.41, 5.74) is 0. The van der Waals surface area contributed by atoms with E-state index in [1.807, 2.05) is 0 Å². The molecule has 2 atom stereocenters. The molecule has 3 N–H and O–H groups in total. The molecule has 0 fully saturated rings. The number of carbonyl (C=O) groups is 2. The van der Waals surface area contributed by atoms with Crippen LogP contribution in [0.2, 0.25) is 0 Å². The molecule has 0 bridgehead atoms. The van der Waals surface area contributed by atoms with Crippen LogP contribution in [0.5, 0.6) is 0 Å². The summed E-state index contributed by atoms with van der Waals surface area (Å²) in [6, 6.07) is -0.536. The van der Waals surface area contributed by atoms with E-state index in [4.69, 9.17) is 4.74 Å². The van der Waals surface area contributed by atoms with Crippen LogP contribution in [0.1, 0.15) is 386 Å². The summed E-state index contributed by atoms with van der Waals surface area (Å²) in [6.45, 7) is 4.91. The number of aliphatic hydroxyl groups is 2. The molecular weight excluding hydrogens is 935 g/mol. The third kappa shape index (κ3) is 61.6. The minimum Gasteiger partial charge on any atom is -0.466 e. The van der Waals surface area contributed by atoms with Crippen molar-refractivity contribution < 1.29 is 24.5 Å². The summed E-state index contributed by atoms with van der Waals surface area (Å²) in [5, 5.41) is 23.3. The fourth-order valence-electron chi connectivity index (χ4n) is 11.0. The van der Waals surface area contributed by atoms with E-state index in [-0.39, 0.29) is 18.5 Å². The fourth-order valence-corrected chi connectivity index (χ4v) is 11.0. The molecular formula is C70H135NO5. The van der Waals surface area contributed by atoms with Gasteiger partial charge in [0.05, 0.1) is 25.4 Å². The fraction of sp³-hybridized carbons (Fsp3) is 0.914. The molecule has 2 unspecified atom stereocenters. The second kappa shape index (κ2) is 65.9. The summed E-state index contributed by atoms with van der Waals surface area (Å²) in [7, 11) is 0. The van der Waals surface area contributed by atoms with Gasteiger partial charge >= 0.3 is 5.97 Å². The van der Waals surface area contributed by atoms with Crippen LogP contribution in [-0.4, -0.2) is 47.4 Å². The number of nitrogens with one attached hydrogen (secondary N) is 1. The lowest BCUT2D eigenvalue weighted by molar-refractivity contribution is -0.143. The van der Waals surface area contributed by atoms with Crippen molar-refractivity contribution in [3.8, 4) is 0 Å². The van der Waals surface area contributed by atoms with Crippen molar-refractivity contribution in [2.24, 2.45) is 0 Å². The maximum absolute atomic E-state index is 12.5. The Hall–Kier alpha value is -1.66. The number of unbranched alkanes of at least 4 members (excludes halogenated alkanes) is 50. The summed E-state index contributed by atoms with van der Waals surface area (Å²) in [6.07, 6.45) is 82.4. The molecule has 0 aromatic carbocycles. The summed E-state index contributed by atoms with van der Waals surface area (Å²) in [5.74, 6) is -0.0215. The number of hydrogen-bond acceptors (Lipinski definition) is 5. The van der Waals surface area contributed by atoms with E-state index >= 15 is 0 Å². The summed E-state index contributed by atoms with van der Waals surface area (Å²) >= 11 is 0. The first-order chi connectivity index (χ1) is 37.5. The van der Waals surface area contributed by atoms with Crippen LogP contribution in [0, 0.1) is 0 Å². The number of carbonyl (C=O) groups excluding carboxylic acids is 2. The van der Waals surface area contributed by atoms with E-state index in [1.54, 1.807) is 0 Å². The zero-order valence-electron chi connectivity index (χ0n) is 51.5. The van der Waals surface area contributed by atoms with Gasteiger partial charge in [0, 0.05) is 12.8 Å². The maximum Gasteiger partial charge on any atom is 0.305 e. The second-order valence-electron chi connectivity index (χ2n) is 23.9. The molecule has 1 amide bonds. The van der Waals surface area contributed by atoms with Crippen molar-refractivity contribution in [3.63, 3.8) is 0 Å². The SMILES string of the molecule is CCC/C=C\C/C=C\CCCCCCCC(=O)OCCCCCCCCCCCCCCCCCCCCCCCCCCCCCCCCCCCC(=O)NC(CO)C(O)CCCCCCCCCCCCCCC. The Labute approximate surface area is 475 Å². The number of ether oxygens (including phenoxy) is 1. The van der Waals surface area contributed by atoms with Gasteiger partial charge in [-0.05, 0) is 51.4 Å². The summed E-state index contributed by atoms with van der Waals surface area (Å²) in [4.78, 5) is 24.5. The Morgan fingerprint density at radius 2 is 0.684 bits per heavy atom. The van der Waals surface area contributed by atoms with E-state index in [1.165, 1.54) is 302 Å². The van der Waals surface area contributed by atoms with E-state index in [0.717, 1.165) is 51.4 Å². The highest BCUT2D eigenvalue weighted by Crippen LogP contribution is 2.19. The lowest BCUT2D eigenvalue weighted by atomic mass is 10.0. The highest BCUT2D eigenvalue weighted by Gasteiger charge is 2.20. The van der Waals surface area contributed by atoms with Crippen LogP contribution < -0.4 is 5.32 Å². The molecule has 6 heteroatoms. The van der Waals surface area contributed by atoms with Gasteiger partial charge in [0.2, 0.25) is 5.91 Å². The first-order valence-corrected chi connectivity index (χ1v) is 34.6. The Balaban J connectivity index is 3.30. The van der Waals surface area contributed by atoms with Crippen molar-refractivity contribution in [3.05, 3.63) is 24.3 Å². The number of amides is 1. The molecule has 0 rings (SSSR count). The molecule has 0 aromatic rings. The van der Waals surface area contributed by atoms with Crippen molar-refractivity contribution in [2.45, 2.75) is 398 Å². The van der Waals surface area contributed by atoms with Gasteiger partial charge in [-0.15, -0.1) is 0 Å². The van der Waals surface area contributed by atoms with Gasteiger partial charge in [0.1, 0.15) is 0 Å². The zero-order chi connectivity index (χ0) is 55.0. The van der Waals surface area contributed by atoms with Crippen LogP contribution in [-0.2, 0) is 14.3 Å². The topological polar surface area (TPSA) is 95.9 Å². The largest absolute Gasteiger partial charge is 0.466 e. The number of esters is 1. The molecule has 450 valence electrons. The predicted octanol–water partition coefficient (Wildman–Crippen LogP) is 22.1. The van der Waals surface area contributed by atoms with Crippen molar-refractivity contribution in [2.75, 3.05) is 13.2 Å². The Morgan fingerprint density at radius 1 is 0.368 bits per heavy atom. The van der Waals surface area contributed by atoms with Crippen LogP contribution in [0.4, 0.5) is 0 Å². The normalized spacial score (nSPS) is 12.6. The molecule has 76 heavy (non-hydrogen) atoms. The highest BCUT2D eigenvalue weighted by atomic mass is 16.5. The monoisotopic (exact) mass is 1070 g/mol. The smallest absolute Gasteiger partial charge is 0.305 e. The van der Waals surface area contributed by atoms with Crippen LogP contribution in [0.3, 0.4) is 0 Å². The van der Waals surface area contributed by atoms with E-state index in [2.05, 4.69) is 43.5 Å². The molecule has 6 nitrogen and oxygen atoms in total. The van der Waals surface area contributed by atoms with E-state index < -0.39 is 12.1 Å². The van der Waals surface area contributed by atoms with Gasteiger partial charge in [0.15, 0.2) is 0 Å².